The first-order valence-electron chi connectivity index (χ1n) is 8.60. The summed E-state index contributed by atoms with van der Waals surface area (Å²) in [7, 11) is 1.70. The normalized spacial score (nSPS) is 10.0. The van der Waals surface area contributed by atoms with Crippen molar-refractivity contribution in [2.24, 2.45) is 0 Å². The lowest BCUT2D eigenvalue weighted by molar-refractivity contribution is -0.116. The first-order valence-corrected chi connectivity index (χ1v) is 9.01. The molecule has 0 saturated carbocycles. The second-order valence-corrected chi connectivity index (χ2v) is 6.31. The molecule has 0 saturated heterocycles. The minimum absolute atomic E-state index is 0.0513. The minimum atomic E-state index is -0.303. The van der Waals surface area contributed by atoms with Crippen LogP contribution in [0.15, 0.2) is 48.5 Å². The Labute approximate surface area is 164 Å². The van der Waals surface area contributed by atoms with E-state index in [0.29, 0.717) is 17.9 Å². The SMILES string of the molecule is CCCOc1ccc(C(=O)NC(=S)Nc2ccc(N(C)C(C)=O)cc2)cc1. The van der Waals surface area contributed by atoms with E-state index in [2.05, 4.69) is 10.6 Å². The predicted octanol–water partition coefficient (Wildman–Crippen LogP) is 3.58. The van der Waals surface area contributed by atoms with Gasteiger partial charge in [-0.25, -0.2) is 0 Å². The van der Waals surface area contributed by atoms with Gasteiger partial charge in [0, 0.05) is 30.9 Å². The molecule has 0 atom stereocenters. The van der Waals surface area contributed by atoms with E-state index in [4.69, 9.17) is 17.0 Å². The second kappa shape index (κ2) is 9.68. The molecule has 2 aromatic rings. The molecule has 2 amide bonds. The van der Waals surface area contributed by atoms with E-state index >= 15 is 0 Å². The van der Waals surface area contributed by atoms with Crippen LogP contribution >= 0.6 is 12.2 Å². The molecule has 6 nitrogen and oxygen atoms in total. The quantitative estimate of drug-likeness (QED) is 0.744. The summed E-state index contributed by atoms with van der Waals surface area (Å²) in [4.78, 5) is 25.2. The Hall–Kier alpha value is -2.93. The van der Waals surface area contributed by atoms with Gasteiger partial charge in [-0.15, -0.1) is 0 Å². The summed E-state index contributed by atoms with van der Waals surface area (Å²) in [5, 5.41) is 5.78. The van der Waals surface area contributed by atoms with Gasteiger partial charge in [0.2, 0.25) is 5.91 Å². The van der Waals surface area contributed by atoms with Crippen LogP contribution in [0.4, 0.5) is 11.4 Å². The molecule has 142 valence electrons. The van der Waals surface area contributed by atoms with Crippen molar-refractivity contribution in [1.82, 2.24) is 5.32 Å². The lowest BCUT2D eigenvalue weighted by atomic mass is 10.2. The standard InChI is InChI=1S/C20H23N3O3S/c1-4-13-26-18-11-5-15(6-12-18)19(25)22-20(27)21-16-7-9-17(10-8-16)23(3)14(2)24/h5-12H,4,13H2,1-3H3,(H2,21,22,25,27). The Morgan fingerprint density at radius 1 is 1.07 bits per heavy atom. The van der Waals surface area contributed by atoms with Gasteiger partial charge in [-0.2, -0.15) is 0 Å². The van der Waals surface area contributed by atoms with Gasteiger partial charge in [-0.1, -0.05) is 6.92 Å². The summed E-state index contributed by atoms with van der Waals surface area (Å²) in [5.41, 5.74) is 1.97. The van der Waals surface area contributed by atoms with Crippen molar-refractivity contribution in [3.05, 3.63) is 54.1 Å². The van der Waals surface area contributed by atoms with Crippen molar-refractivity contribution in [1.29, 1.82) is 0 Å². The zero-order chi connectivity index (χ0) is 19.8. The highest BCUT2D eigenvalue weighted by atomic mass is 32.1. The maximum Gasteiger partial charge on any atom is 0.257 e. The maximum absolute atomic E-state index is 12.3. The number of benzene rings is 2. The third-order valence-electron chi connectivity index (χ3n) is 3.80. The molecular formula is C20H23N3O3S. The highest BCUT2D eigenvalue weighted by Crippen LogP contribution is 2.17. The van der Waals surface area contributed by atoms with Crippen LogP contribution in [-0.2, 0) is 4.79 Å². The van der Waals surface area contributed by atoms with Crippen LogP contribution in [0.1, 0.15) is 30.6 Å². The fourth-order valence-electron chi connectivity index (χ4n) is 2.21. The van der Waals surface area contributed by atoms with Gasteiger partial charge in [-0.05, 0) is 67.2 Å². The van der Waals surface area contributed by atoms with Crippen LogP contribution in [0.2, 0.25) is 0 Å². The molecule has 0 bridgehead atoms. The van der Waals surface area contributed by atoms with Crippen LogP contribution in [0.25, 0.3) is 0 Å². The van der Waals surface area contributed by atoms with E-state index in [9.17, 15) is 9.59 Å². The molecule has 0 aliphatic carbocycles. The number of anilines is 2. The van der Waals surface area contributed by atoms with Gasteiger partial charge >= 0.3 is 0 Å². The highest BCUT2D eigenvalue weighted by Gasteiger charge is 2.09. The van der Waals surface area contributed by atoms with E-state index < -0.39 is 0 Å². The van der Waals surface area contributed by atoms with Crippen LogP contribution in [-0.4, -0.2) is 30.6 Å². The Bertz CT molecular complexity index is 804. The predicted molar refractivity (Wildman–Crippen MR) is 111 cm³/mol. The summed E-state index contributed by atoms with van der Waals surface area (Å²) >= 11 is 5.19. The van der Waals surface area contributed by atoms with Crippen molar-refractivity contribution in [2.45, 2.75) is 20.3 Å². The van der Waals surface area contributed by atoms with Crippen molar-refractivity contribution in [3.63, 3.8) is 0 Å². The largest absolute Gasteiger partial charge is 0.494 e. The number of ether oxygens (including phenoxy) is 1. The smallest absolute Gasteiger partial charge is 0.257 e. The number of carbonyl (C=O) groups is 2. The monoisotopic (exact) mass is 385 g/mol. The van der Waals surface area contributed by atoms with E-state index in [0.717, 1.165) is 17.9 Å². The molecule has 27 heavy (non-hydrogen) atoms. The summed E-state index contributed by atoms with van der Waals surface area (Å²) in [5.74, 6) is 0.372. The first kappa shape index (κ1) is 20.4. The van der Waals surface area contributed by atoms with Gasteiger partial charge in [0.25, 0.3) is 5.91 Å². The third kappa shape index (κ3) is 6.07. The van der Waals surface area contributed by atoms with Gasteiger partial charge in [0.15, 0.2) is 5.11 Å². The summed E-state index contributed by atoms with van der Waals surface area (Å²) in [6, 6.07) is 14.0. The zero-order valence-corrected chi connectivity index (χ0v) is 16.4. The molecule has 0 aliphatic rings. The number of nitrogens with one attached hydrogen (secondary N) is 2. The van der Waals surface area contributed by atoms with Crippen LogP contribution in [0.3, 0.4) is 0 Å². The van der Waals surface area contributed by atoms with Gasteiger partial charge in [-0.3, -0.25) is 14.9 Å². The Balaban J connectivity index is 1.91. The molecule has 2 N–H and O–H groups in total. The van der Waals surface area contributed by atoms with Crippen LogP contribution in [0, 0.1) is 0 Å². The lowest BCUT2D eigenvalue weighted by Gasteiger charge is -2.16. The van der Waals surface area contributed by atoms with Gasteiger partial charge in [0.05, 0.1) is 6.61 Å². The van der Waals surface area contributed by atoms with Crippen LogP contribution < -0.4 is 20.3 Å². The van der Waals surface area contributed by atoms with Crippen molar-refractivity contribution in [2.75, 3.05) is 23.9 Å². The number of amides is 2. The van der Waals surface area contributed by atoms with E-state index in [-0.39, 0.29) is 16.9 Å². The van der Waals surface area contributed by atoms with E-state index in [1.165, 1.54) is 11.8 Å². The molecule has 0 heterocycles. The topological polar surface area (TPSA) is 70.7 Å². The third-order valence-corrected chi connectivity index (χ3v) is 4.01. The summed E-state index contributed by atoms with van der Waals surface area (Å²) in [6.45, 7) is 4.17. The molecule has 0 aromatic heterocycles. The number of hydrogen-bond acceptors (Lipinski definition) is 4. The molecular weight excluding hydrogens is 362 g/mol. The highest BCUT2D eigenvalue weighted by molar-refractivity contribution is 7.80. The molecule has 0 unspecified atom stereocenters. The Morgan fingerprint density at radius 2 is 1.70 bits per heavy atom. The Morgan fingerprint density at radius 3 is 2.26 bits per heavy atom. The lowest BCUT2D eigenvalue weighted by Crippen LogP contribution is -2.34. The number of hydrogen-bond donors (Lipinski definition) is 2. The molecule has 0 spiro atoms. The fourth-order valence-corrected chi connectivity index (χ4v) is 2.42. The number of rotatable bonds is 6. The first-order chi connectivity index (χ1) is 12.9. The summed E-state index contributed by atoms with van der Waals surface area (Å²) < 4.78 is 5.50. The van der Waals surface area contributed by atoms with E-state index in [1.54, 1.807) is 55.6 Å². The molecule has 2 rings (SSSR count). The molecule has 7 heteroatoms. The van der Waals surface area contributed by atoms with E-state index in [1.807, 2.05) is 6.92 Å². The Kier molecular flexibility index (Phi) is 7.31. The average Bonchev–Trinajstić information content (AvgIpc) is 2.66. The maximum atomic E-state index is 12.3. The second-order valence-electron chi connectivity index (χ2n) is 5.91. The molecule has 0 aliphatic heterocycles. The molecule has 2 aromatic carbocycles. The average molecular weight is 385 g/mol. The number of thiocarbonyl (C=S) groups is 1. The van der Waals surface area contributed by atoms with Gasteiger partial charge in [0.1, 0.15) is 5.75 Å². The van der Waals surface area contributed by atoms with Crippen LogP contribution in [0.5, 0.6) is 5.75 Å². The number of carbonyl (C=O) groups excluding carboxylic acids is 2. The van der Waals surface area contributed by atoms with Crippen molar-refractivity contribution >= 4 is 40.5 Å². The molecule has 0 fully saturated rings. The number of nitrogens with zero attached hydrogens (tertiary/aromatic N) is 1. The van der Waals surface area contributed by atoms with Gasteiger partial charge < -0.3 is 15.0 Å². The fraction of sp³-hybridized carbons (Fsp3) is 0.250. The van der Waals surface area contributed by atoms with Crippen molar-refractivity contribution < 1.29 is 14.3 Å². The minimum Gasteiger partial charge on any atom is -0.494 e. The zero-order valence-electron chi connectivity index (χ0n) is 15.6. The molecule has 0 radical (unpaired) electrons. The van der Waals surface area contributed by atoms with Crippen molar-refractivity contribution in [3.8, 4) is 5.75 Å². The summed E-state index contributed by atoms with van der Waals surface area (Å²) in [6.07, 6.45) is 0.925.